The average molecular weight is 252 g/mol. The molecule has 0 amide bonds. The second-order valence-corrected chi connectivity index (χ2v) is 5.53. The summed E-state index contributed by atoms with van der Waals surface area (Å²) in [4.78, 5) is 2.45. The van der Waals surface area contributed by atoms with Gasteiger partial charge < -0.3 is 5.73 Å². The molecule has 104 valence electrons. The summed E-state index contributed by atoms with van der Waals surface area (Å²) in [7, 11) is 0. The molecular formula is C14H28N4. The van der Waals surface area contributed by atoms with E-state index in [0.29, 0.717) is 6.54 Å². The van der Waals surface area contributed by atoms with Gasteiger partial charge in [-0.1, -0.05) is 6.92 Å². The second kappa shape index (κ2) is 6.34. The first-order chi connectivity index (χ1) is 8.44. The Morgan fingerprint density at radius 3 is 2.56 bits per heavy atom. The highest BCUT2D eigenvalue weighted by Gasteiger charge is 2.25. The summed E-state index contributed by atoms with van der Waals surface area (Å²) in [6.07, 6.45) is 1.14. The molecule has 0 bridgehead atoms. The molecule has 0 spiro atoms. The molecule has 0 unspecified atom stereocenters. The van der Waals surface area contributed by atoms with Crippen molar-refractivity contribution in [3.63, 3.8) is 0 Å². The van der Waals surface area contributed by atoms with Crippen molar-refractivity contribution in [2.45, 2.75) is 59.7 Å². The van der Waals surface area contributed by atoms with E-state index in [1.807, 2.05) is 6.92 Å². The van der Waals surface area contributed by atoms with E-state index in [-0.39, 0.29) is 5.54 Å². The van der Waals surface area contributed by atoms with Crippen LogP contribution in [0, 0.1) is 6.92 Å². The zero-order chi connectivity index (χ0) is 13.8. The predicted octanol–water partition coefficient (Wildman–Crippen LogP) is 2.16. The van der Waals surface area contributed by atoms with E-state index >= 15 is 0 Å². The summed E-state index contributed by atoms with van der Waals surface area (Å²) in [6, 6.07) is 2.18. The average Bonchev–Trinajstić information content (AvgIpc) is 2.69. The molecule has 0 fully saturated rings. The number of nitrogens with two attached hydrogens (primary N) is 1. The van der Waals surface area contributed by atoms with Crippen LogP contribution in [0.3, 0.4) is 0 Å². The van der Waals surface area contributed by atoms with E-state index in [4.69, 9.17) is 5.73 Å². The van der Waals surface area contributed by atoms with Crippen molar-refractivity contribution in [2.24, 2.45) is 5.73 Å². The number of rotatable bonds is 7. The number of hydrogen-bond acceptors (Lipinski definition) is 3. The van der Waals surface area contributed by atoms with Gasteiger partial charge in [-0.15, -0.1) is 0 Å². The SMILES string of the molecule is CCCN(Cc1cc(C)nn1CC)C(C)(C)CN. The van der Waals surface area contributed by atoms with Gasteiger partial charge in [0.25, 0.3) is 0 Å². The third-order valence-corrected chi connectivity index (χ3v) is 3.49. The van der Waals surface area contributed by atoms with Crippen LogP contribution in [-0.4, -0.2) is 33.3 Å². The Balaban J connectivity index is 2.89. The molecule has 0 aliphatic heterocycles. The molecule has 0 atom stereocenters. The third kappa shape index (κ3) is 3.56. The Morgan fingerprint density at radius 2 is 2.06 bits per heavy atom. The smallest absolute Gasteiger partial charge is 0.0597 e. The molecule has 4 heteroatoms. The van der Waals surface area contributed by atoms with Crippen LogP contribution in [0.2, 0.25) is 0 Å². The van der Waals surface area contributed by atoms with E-state index < -0.39 is 0 Å². The van der Waals surface area contributed by atoms with Gasteiger partial charge in [0.1, 0.15) is 0 Å². The Kier molecular flexibility index (Phi) is 5.35. The normalized spacial score (nSPS) is 12.4. The molecule has 0 aliphatic carbocycles. The molecule has 1 rings (SSSR count). The molecule has 0 aromatic carbocycles. The predicted molar refractivity (Wildman–Crippen MR) is 76.5 cm³/mol. The van der Waals surface area contributed by atoms with Crippen LogP contribution in [0.25, 0.3) is 0 Å². The summed E-state index contributed by atoms with van der Waals surface area (Å²) in [5, 5.41) is 4.51. The minimum absolute atomic E-state index is 0.0345. The molecule has 0 radical (unpaired) electrons. The molecule has 0 saturated carbocycles. The Hall–Kier alpha value is -0.870. The molecule has 0 aliphatic rings. The van der Waals surface area contributed by atoms with E-state index in [1.54, 1.807) is 0 Å². The number of hydrogen-bond donors (Lipinski definition) is 1. The first kappa shape index (κ1) is 15.2. The number of aryl methyl sites for hydroxylation is 2. The maximum atomic E-state index is 5.90. The topological polar surface area (TPSA) is 47.1 Å². The van der Waals surface area contributed by atoms with Crippen molar-refractivity contribution < 1.29 is 0 Å². The van der Waals surface area contributed by atoms with Crippen molar-refractivity contribution >= 4 is 0 Å². The molecule has 1 heterocycles. The van der Waals surface area contributed by atoms with Gasteiger partial charge in [-0.25, -0.2) is 0 Å². The van der Waals surface area contributed by atoms with Crippen LogP contribution in [0.15, 0.2) is 6.07 Å². The van der Waals surface area contributed by atoms with Crippen molar-refractivity contribution in [3.8, 4) is 0 Å². The molecule has 2 N–H and O–H groups in total. The van der Waals surface area contributed by atoms with Gasteiger partial charge in [-0.3, -0.25) is 9.58 Å². The summed E-state index contributed by atoms with van der Waals surface area (Å²) >= 11 is 0. The van der Waals surface area contributed by atoms with Crippen molar-refractivity contribution in [1.29, 1.82) is 0 Å². The van der Waals surface area contributed by atoms with Crippen LogP contribution in [0.1, 0.15) is 45.5 Å². The summed E-state index contributed by atoms with van der Waals surface area (Å²) in [5.41, 5.74) is 8.31. The summed E-state index contributed by atoms with van der Waals surface area (Å²) in [6.45, 7) is 14.4. The quantitative estimate of drug-likeness (QED) is 0.809. The van der Waals surface area contributed by atoms with Gasteiger partial charge in [0, 0.05) is 25.2 Å². The summed E-state index contributed by atoms with van der Waals surface area (Å²) in [5.74, 6) is 0. The van der Waals surface area contributed by atoms with E-state index in [9.17, 15) is 0 Å². The van der Waals surface area contributed by atoms with Crippen molar-refractivity contribution in [3.05, 3.63) is 17.5 Å². The fraction of sp³-hybridized carbons (Fsp3) is 0.786. The lowest BCUT2D eigenvalue weighted by atomic mass is 10.0. The van der Waals surface area contributed by atoms with Crippen molar-refractivity contribution in [1.82, 2.24) is 14.7 Å². The fourth-order valence-corrected chi connectivity index (χ4v) is 2.19. The monoisotopic (exact) mass is 252 g/mol. The second-order valence-electron chi connectivity index (χ2n) is 5.53. The molecule has 1 aromatic heterocycles. The van der Waals surface area contributed by atoms with Gasteiger partial charge in [0.05, 0.1) is 11.4 Å². The van der Waals surface area contributed by atoms with Crippen LogP contribution < -0.4 is 5.73 Å². The largest absolute Gasteiger partial charge is 0.329 e. The molecule has 1 aromatic rings. The lowest BCUT2D eigenvalue weighted by Crippen LogP contribution is -2.49. The Morgan fingerprint density at radius 1 is 1.39 bits per heavy atom. The van der Waals surface area contributed by atoms with E-state index in [1.165, 1.54) is 5.69 Å². The first-order valence-corrected chi connectivity index (χ1v) is 6.93. The van der Waals surface area contributed by atoms with Crippen LogP contribution in [-0.2, 0) is 13.1 Å². The highest BCUT2D eigenvalue weighted by atomic mass is 15.3. The van der Waals surface area contributed by atoms with Gasteiger partial charge in [0.15, 0.2) is 0 Å². The lowest BCUT2D eigenvalue weighted by Gasteiger charge is -2.37. The van der Waals surface area contributed by atoms with E-state index in [0.717, 1.165) is 31.7 Å². The van der Waals surface area contributed by atoms with Crippen LogP contribution >= 0.6 is 0 Å². The third-order valence-electron chi connectivity index (χ3n) is 3.49. The maximum absolute atomic E-state index is 5.90. The van der Waals surface area contributed by atoms with Crippen LogP contribution in [0.4, 0.5) is 0 Å². The number of aromatic nitrogens is 2. The molecule has 4 nitrogen and oxygen atoms in total. The van der Waals surface area contributed by atoms with Gasteiger partial charge >= 0.3 is 0 Å². The van der Waals surface area contributed by atoms with Gasteiger partial charge in [-0.05, 0) is 46.7 Å². The van der Waals surface area contributed by atoms with Crippen LogP contribution in [0.5, 0.6) is 0 Å². The zero-order valence-corrected chi connectivity index (χ0v) is 12.5. The van der Waals surface area contributed by atoms with Crippen molar-refractivity contribution in [2.75, 3.05) is 13.1 Å². The van der Waals surface area contributed by atoms with Gasteiger partial charge in [0.2, 0.25) is 0 Å². The first-order valence-electron chi connectivity index (χ1n) is 6.93. The molecular weight excluding hydrogens is 224 g/mol. The number of nitrogens with zero attached hydrogens (tertiary/aromatic N) is 3. The maximum Gasteiger partial charge on any atom is 0.0597 e. The molecule has 18 heavy (non-hydrogen) atoms. The standard InChI is InChI=1S/C14H28N4/c1-6-8-17(14(4,5)11-15)10-13-9-12(3)16-18(13)7-2/h9H,6-8,10-11,15H2,1-5H3. The Bertz CT molecular complexity index is 368. The minimum Gasteiger partial charge on any atom is -0.329 e. The summed E-state index contributed by atoms with van der Waals surface area (Å²) < 4.78 is 2.09. The minimum atomic E-state index is 0.0345. The lowest BCUT2D eigenvalue weighted by molar-refractivity contribution is 0.114. The molecule has 0 saturated heterocycles. The van der Waals surface area contributed by atoms with Gasteiger partial charge in [-0.2, -0.15) is 5.10 Å². The Labute approximate surface area is 111 Å². The fourth-order valence-electron chi connectivity index (χ4n) is 2.19. The highest BCUT2D eigenvalue weighted by molar-refractivity contribution is 5.09. The highest BCUT2D eigenvalue weighted by Crippen LogP contribution is 2.18. The van der Waals surface area contributed by atoms with E-state index in [2.05, 4.69) is 48.4 Å². The zero-order valence-electron chi connectivity index (χ0n) is 12.5.